The Morgan fingerprint density at radius 1 is 1.36 bits per heavy atom. The predicted octanol–water partition coefficient (Wildman–Crippen LogP) is 2.32. The fourth-order valence-electron chi connectivity index (χ4n) is 3.31. The molecule has 0 radical (unpaired) electrons. The van der Waals surface area contributed by atoms with Crippen molar-refractivity contribution in [2.45, 2.75) is 46.1 Å². The highest BCUT2D eigenvalue weighted by molar-refractivity contribution is 5.82. The molecule has 4 heteroatoms. The molecule has 1 atom stereocenters. The van der Waals surface area contributed by atoms with Crippen molar-refractivity contribution >= 4 is 11.6 Å². The summed E-state index contributed by atoms with van der Waals surface area (Å²) in [6.45, 7) is 8.35. The average molecular weight is 303 g/mol. The maximum absolute atomic E-state index is 12.5. The number of benzene rings is 1. The summed E-state index contributed by atoms with van der Waals surface area (Å²) in [5.74, 6) is 0.0966. The Bertz CT molecular complexity index is 503. The van der Waals surface area contributed by atoms with Crippen molar-refractivity contribution in [1.82, 2.24) is 5.32 Å². The van der Waals surface area contributed by atoms with E-state index in [1.54, 1.807) is 0 Å². The lowest BCUT2D eigenvalue weighted by Gasteiger charge is -2.32. The Kier molecular flexibility index (Phi) is 5.46. The number of fused-ring (bicyclic) bond motifs is 1. The van der Waals surface area contributed by atoms with Gasteiger partial charge in [0.15, 0.2) is 0 Å². The molecular weight excluding hydrogens is 274 g/mol. The first kappa shape index (κ1) is 16.8. The molecule has 1 aliphatic heterocycles. The van der Waals surface area contributed by atoms with Crippen LogP contribution in [0.2, 0.25) is 0 Å². The van der Waals surface area contributed by atoms with Crippen molar-refractivity contribution in [3.05, 3.63) is 29.8 Å². The van der Waals surface area contributed by atoms with Gasteiger partial charge in [-0.3, -0.25) is 4.79 Å². The third-order valence-electron chi connectivity index (χ3n) is 5.24. The number of para-hydroxylation sites is 1. The molecule has 122 valence electrons. The van der Waals surface area contributed by atoms with Crippen LogP contribution >= 0.6 is 0 Å². The van der Waals surface area contributed by atoms with Gasteiger partial charge in [-0.15, -0.1) is 0 Å². The van der Waals surface area contributed by atoms with Crippen LogP contribution in [0.1, 0.15) is 39.2 Å². The molecule has 1 aromatic carbocycles. The Balaban J connectivity index is 1.96. The van der Waals surface area contributed by atoms with Gasteiger partial charge in [0.2, 0.25) is 5.91 Å². The van der Waals surface area contributed by atoms with E-state index in [0.717, 1.165) is 25.8 Å². The van der Waals surface area contributed by atoms with Crippen LogP contribution in [0, 0.1) is 5.41 Å². The van der Waals surface area contributed by atoms with E-state index >= 15 is 0 Å². The number of hydrogen-bond donors (Lipinski definition) is 2. The molecule has 0 aliphatic carbocycles. The highest BCUT2D eigenvalue weighted by atomic mass is 16.2. The van der Waals surface area contributed by atoms with Crippen LogP contribution < -0.4 is 16.0 Å². The van der Waals surface area contributed by atoms with Gasteiger partial charge in [0.05, 0.1) is 5.41 Å². The third kappa shape index (κ3) is 3.12. The largest absolute Gasteiger partial charge is 0.366 e. The third-order valence-corrected chi connectivity index (χ3v) is 5.24. The van der Waals surface area contributed by atoms with Crippen LogP contribution in [-0.2, 0) is 11.2 Å². The number of carbonyl (C=O) groups is 1. The molecule has 0 aromatic heterocycles. The van der Waals surface area contributed by atoms with Gasteiger partial charge in [-0.1, -0.05) is 32.0 Å². The molecule has 0 bridgehead atoms. The molecule has 1 unspecified atom stereocenters. The van der Waals surface area contributed by atoms with Gasteiger partial charge >= 0.3 is 0 Å². The van der Waals surface area contributed by atoms with Crippen LogP contribution in [0.5, 0.6) is 0 Å². The Hall–Kier alpha value is -1.55. The normalized spacial score (nSPS) is 15.5. The van der Waals surface area contributed by atoms with Crippen molar-refractivity contribution in [2.75, 3.05) is 24.5 Å². The fourth-order valence-corrected chi connectivity index (χ4v) is 3.31. The highest BCUT2D eigenvalue weighted by Crippen LogP contribution is 2.29. The van der Waals surface area contributed by atoms with E-state index < -0.39 is 5.41 Å². The molecule has 1 aliphatic rings. The van der Waals surface area contributed by atoms with Crippen molar-refractivity contribution in [1.29, 1.82) is 0 Å². The molecule has 4 nitrogen and oxygen atoms in total. The van der Waals surface area contributed by atoms with Crippen LogP contribution in [-0.4, -0.2) is 31.6 Å². The van der Waals surface area contributed by atoms with E-state index in [0.29, 0.717) is 13.1 Å². The molecule has 0 saturated heterocycles. The molecule has 1 amide bonds. The van der Waals surface area contributed by atoms with E-state index in [-0.39, 0.29) is 11.9 Å². The monoisotopic (exact) mass is 303 g/mol. The second kappa shape index (κ2) is 7.14. The second-order valence-electron chi connectivity index (χ2n) is 6.32. The zero-order valence-corrected chi connectivity index (χ0v) is 14.1. The number of anilines is 1. The van der Waals surface area contributed by atoms with Gasteiger partial charge in [-0.2, -0.15) is 0 Å². The first-order valence-electron chi connectivity index (χ1n) is 8.41. The van der Waals surface area contributed by atoms with E-state index in [2.05, 4.69) is 41.4 Å². The van der Waals surface area contributed by atoms with Gasteiger partial charge < -0.3 is 16.0 Å². The minimum atomic E-state index is -0.414. The molecule has 3 N–H and O–H groups in total. The van der Waals surface area contributed by atoms with E-state index in [1.807, 2.05) is 13.8 Å². The van der Waals surface area contributed by atoms with Crippen LogP contribution in [0.4, 0.5) is 5.69 Å². The maximum atomic E-state index is 12.5. The second-order valence-corrected chi connectivity index (χ2v) is 6.32. The predicted molar refractivity (Wildman–Crippen MR) is 92.0 cm³/mol. The number of nitrogens with zero attached hydrogens (tertiary/aromatic N) is 1. The molecule has 22 heavy (non-hydrogen) atoms. The van der Waals surface area contributed by atoms with Crippen molar-refractivity contribution in [3.63, 3.8) is 0 Å². The number of amides is 1. The summed E-state index contributed by atoms with van der Waals surface area (Å²) >= 11 is 0. The molecule has 0 spiro atoms. The quantitative estimate of drug-likeness (QED) is 0.813. The first-order chi connectivity index (χ1) is 10.6. The lowest BCUT2D eigenvalue weighted by molar-refractivity contribution is -0.131. The number of nitrogens with one attached hydrogen (secondary N) is 1. The van der Waals surface area contributed by atoms with Crippen LogP contribution in [0.15, 0.2) is 24.3 Å². The molecule has 0 saturated carbocycles. The Morgan fingerprint density at radius 2 is 2.05 bits per heavy atom. The van der Waals surface area contributed by atoms with Crippen LogP contribution in [0.25, 0.3) is 0 Å². The highest BCUT2D eigenvalue weighted by Gasteiger charge is 2.33. The summed E-state index contributed by atoms with van der Waals surface area (Å²) in [5, 5.41) is 3.12. The lowest BCUT2D eigenvalue weighted by atomic mass is 9.81. The van der Waals surface area contributed by atoms with Crippen molar-refractivity contribution in [3.8, 4) is 0 Å². The van der Waals surface area contributed by atoms with Crippen molar-refractivity contribution in [2.24, 2.45) is 11.1 Å². The Labute approximate surface area is 134 Å². The number of rotatable bonds is 7. The lowest BCUT2D eigenvalue weighted by Crippen LogP contribution is -2.49. The summed E-state index contributed by atoms with van der Waals surface area (Å²) in [4.78, 5) is 14.9. The van der Waals surface area contributed by atoms with E-state index in [1.165, 1.54) is 11.3 Å². The molecule has 0 fully saturated rings. The van der Waals surface area contributed by atoms with Gasteiger partial charge in [0, 0.05) is 31.4 Å². The SMILES string of the molecule is CCC(CC)(CN)C(=O)NCC(C)N1CCc2ccccc21. The zero-order chi connectivity index (χ0) is 16.2. The minimum Gasteiger partial charge on any atom is -0.366 e. The standard InChI is InChI=1S/C18H29N3O/c1-4-18(5-2,13-19)17(22)20-12-14(3)21-11-10-15-8-6-7-9-16(15)21/h6-9,14H,4-5,10-13,19H2,1-3H3,(H,20,22). The molecule has 1 aromatic rings. The summed E-state index contributed by atoms with van der Waals surface area (Å²) in [6.07, 6.45) is 2.66. The summed E-state index contributed by atoms with van der Waals surface area (Å²) in [6, 6.07) is 8.82. The molecule has 1 heterocycles. The van der Waals surface area contributed by atoms with E-state index in [9.17, 15) is 4.79 Å². The fraction of sp³-hybridized carbons (Fsp3) is 0.611. The van der Waals surface area contributed by atoms with Crippen LogP contribution in [0.3, 0.4) is 0 Å². The minimum absolute atomic E-state index is 0.0966. The van der Waals surface area contributed by atoms with Gasteiger partial charge in [-0.25, -0.2) is 0 Å². The summed E-state index contributed by atoms with van der Waals surface area (Å²) in [7, 11) is 0. The number of carbonyl (C=O) groups excluding carboxylic acids is 1. The first-order valence-corrected chi connectivity index (χ1v) is 8.41. The number of nitrogens with two attached hydrogens (primary N) is 1. The topological polar surface area (TPSA) is 58.4 Å². The van der Waals surface area contributed by atoms with Gasteiger partial charge in [-0.05, 0) is 37.8 Å². The van der Waals surface area contributed by atoms with Gasteiger partial charge in [0.25, 0.3) is 0 Å². The molecule has 2 rings (SSSR count). The maximum Gasteiger partial charge on any atom is 0.227 e. The average Bonchev–Trinajstić information content (AvgIpc) is 2.99. The zero-order valence-electron chi connectivity index (χ0n) is 14.1. The molecular formula is C18H29N3O. The smallest absolute Gasteiger partial charge is 0.227 e. The summed E-state index contributed by atoms with van der Waals surface area (Å²) < 4.78 is 0. The van der Waals surface area contributed by atoms with Crippen molar-refractivity contribution < 1.29 is 4.79 Å². The summed E-state index contributed by atoms with van der Waals surface area (Å²) in [5.41, 5.74) is 8.14. The Morgan fingerprint density at radius 3 is 2.68 bits per heavy atom. The van der Waals surface area contributed by atoms with E-state index in [4.69, 9.17) is 5.73 Å². The van der Waals surface area contributed by atoms with Gasteiger partial charge in [0.1, 0.15) is 0 Å². The number of hydrogen-bond acceptors (Lipinski definition) is 3.